The Kier molecular flexibility index (Phi) is 4.74. The van der Waals surface area contributed by atoms with Crippen molar-refractivity contribution in [3.63, 3.8) is 0 Å². The maximum absolute atomic E-state index is 13.4. The third kappa shape index (κ3) is 3.68. The summed E-state index contributed by atoms with van der Waals surface area (Å²) in [5.41, 5.74) is 5.00. The van der Waals surface area contributed by atoms with E-state index in [0.29, 0.717) is 10.4 Å². The first-order valence-corrected chi connectivity index (χ1v) is 9.82. The van der Waals surface area contributed by atoms with E-state index in [2.05, 4.69) is 15.4 Å². The number of nitrogens with one attached hydrogen (secondary N) is 1. The minimum Gasteiger partial charge on any atom is -0.366 e. The Morgan fingerprint density at radius 1 is 1.21 bits per heavy atom. The quantitative estimate of drug-likeness (QED) is 0.681. The Bertz CT molecular complexity index is 1020. The van der Waals surface area contributed by atoms with Gasteiger partial charge in [-0.25, -0.2) is 4.52 Å². The van der Waals surface area contributed by atoms with Crippen LogP contribution < -0.4 is 11.1 Å². The van der Waals surface area contributed by atoms with Crippen LogP contribution in [0.25, 0.3) is 16.8 Å². The second-order valence-electron chi connectivity index (χ2n) is 6.89. The van der Waals surface area contributed by atoms with Crippen molar-refractivity contribution in [3.05, 3.63) is 34.2 Å². The molecule has 6 nitrogen and oxygen atoms in total. The smallest absolute Gasteiger partial charge is 0.366 e. The largest absolute Gasteiger partial charge is 0.420 e. The van der Waals surface area contributed by atoms with Gasteiger partial charge in [0.2, 0.25) is 5.95 Å². The maximum atomic E-state index is 13.4. The van der Waals surface area contributed by atoms with Crippen LogP contribution in [-0.2, 0) is 6.18 Å². The highest BCUT2D eigenvalue weighted by atomic mass is 32.1. The Labute approximate surface area is 162 Å². The fourth-order valence-corrected chi connectivity index (χ4v) is 4.30. The van der Waals surface area contributed by atoms with Crippen LogP contribution in [0.3, 0.4) is 0 Å². The van der Waals surface area contributed by atoms with Crippen molar-refractivity contribution in [2.45, 2.75) is 44.3 Å². The number of alkyl halides is 3. The molecule has 0 unspecified atom stereocenters. The number of anilines is 1. The Morgan fingerprint density at radius 2 is 1.96 bits per heavy atom. The van der Waals surface area contributed by atoms with Gasteiger partial charge in [0.15, 0.2) is 5.65 Å². The van der Waals surface area contributed by atoms with Crippen molar-refractivity contribution in [2.24, 2.45) is 0 Å². The summed E-state index contributed by atoms with van der Waals surface area (Å²) in [7, 11) is 0. The molecule has 4 rings (SSSR count). The summed E-state index contributed by atoms with van der Waals surface area (Å²) in [6.07, 6.45) is 2.13. The number of halogens is 3. The summed E-state index contributed by atoms with van der Waals surface area (Å²) in [4.78, 5) is 16.6. The van der Waals surface area contributed by atoms with E-state index in [1.165, 1.54) is 24.0 Å². The summed E-state index contributed by atoms with van der Waals surface area (Å²) in [6, 6.07) is 2.77. The van der Waals surface area contributed by atoms with E-state index < -0.39 is 11.7 Å². The van der Waals surface area contributed by atoms with Crippen LogP contribution in [0.2, 0.25) is 0 Å². The molecular formula is C18H18F3N5OS. The maximum Gasteiger partial charge on any atom is 0.420 e. The number of nitrogens with zero attached hydrogens (tertiary/aromatic N) is 3. The van der Waals surface area contributed by atoms with Crippen LogP contribution >= 0.6 is 11.3 Å². The fourth-order valence-electron chi connectivity index (χ4n) is 3.48. The van der Waals surface area contributed by atoms with E-state index in [-0.39, 0.29) is 29.1 Å². The highest BCUT2D eigenvalue weighted by Gasteiger charge is 2.35. The normalized spacial score (nSPS) is 15.8. The lowest BCUT2D eigenvalue weighted by Gasteiger charge is -2.22. The number of nitrogens with two attached hydrogens (primary N) is 1. The van der Waals surface area contributed by atoms with Gasteiger partial charge in [-0.2, -0.15) is 18.2 Å². The number of rotatable bonds is 3. The average molecular weight is 409 g/mol. The summed E-state index contributed by atoms with van der Waals surface area (Å²) in [5.74, 6) is -0.425. The second kappa shape index (κ2) is 7.08. The van der Waals surface area contributed by atoms with Gasteiger partial charge in [-0.15, -0.1) is 16.4 Å². The number of aromatic nitrogens is 3. The van der Waals surface area contributed by atoms with Gasteiger partial charge < -0.3 is 11.1 Å². The molecule has 28 heavy (non-hydrogen) atoms. The second-order valence-corrected chi connectivity index (χ2v) is 7.80. The molecular weight excluding hydrogens is 391 g/mol. The van der Waals surface area contributed by atoms with Gasteiger partial charge in [-0.1, -0.05) is 19.3 Å². The first kappa shape index (κ1) is 18.7. The van der Waals surface area contributed by atoms with Gasteiger partial charge in [0.05, 0.1) is 4.88 Å². The molecule has 148 valence electrons. The Morgan fingerprint density at radius 3 is 2.68 bits per heavy atom. The fraction of sp³-hybridized carbons (Fsp3) is 0.389. The van der Waals surface area contributed by atoms with Gasteiger partial charge in [-0.05, 0) is 35.9 Å². The molecule has 0 aromatic carbocycles. The lowest BCUT2D eigenvalue weighted by Crippen LogP contribution is -2.35. The molecule has 0 bridgehead atoms. The SMILES string of the molecule is Nc1nc2c(C(F)(F)F)cc(-c3csc(C(=O)NC4CCCCC4)c3)cn2n1. The van der Waals surface area contributed by atoms with Crippen LogP contribution in [0.15, 0.2) is 23.7 Å². The highest BCUT2D eigenvalue weighted by Crippen LogP contribution is 2.36. The minimum atomic E-state index is -4.60. The average Bonchev–Trinajstić information content (AvgIpc) is 3.26. The first-order valence-electron chi connectivity index (χ1n) is 8.94. The molecule has 3 N–H and O–H groups in total. The molecule has 1 aliphatic rings. The Hall–Kier alpha value is -2.62. The molecule has 3 aromatic rings. The zero-order chi connectivity index (χ0) is 19.9. The molecule has 0 saturated heterocycles. The number of carbonyl (C=O) groups is 1. The highest BCUT2D eigenvalue weighted by molar-refractivity contribution is 7.12. The van der Waals surface area contributed by atoms with Crippen LogP contribution in [0, 0.1) is 0 Å². The van der Waals surface area contributed by atoms with Crippen molar-refractivity contribution < 1.29 is 18.0 Å². The molecule has 1 saturated carbocycles. The molecule has 3 aromatic heterocycles. The van der Waals surface area contributed by atoms with Gasteiger partial charge in [0.1, 0.15) is 5.56 Å². The van der Waals surface area contributed by atoms with Crippen LogP contribution in [0.1, 0.15) is 47.3 Å². The van der Waals surface area contributed by atoms with E-state index >= 15 is 0 Å². The summed E-state index contributed by atoms with van der Waals surface area (Å²) in [6.45, 7) is 0. The number of fused-ring (bicyclic) bond motifs is 1. The van der Waals surface area contributed by atoms with E-state index in [0.717, 1.165) is 36.3 Å². The number of thiophene rings is 1. The predicted octanol–water partition coefficient (Wildman–Crippen LogP) is 4.12. The molecule has 1 aliphatic carbocycles. The number of nitrogen functional groups attached to an aromatic ring is 1. The number of pyridine rings is 1. The third-order valence-corrected chi connectivity index (χ3v) is 5.78. The molecule has 1 amide bonds. The topological polar surface area (TPSA) is 85.3 Å². The number of carbonyl (C=O) groups excluding carboxylic acids is 1. The summed E-state index contributed by atoms with van der Waals surface area (Å²) >= 11 is 1.20. The van der Waals surface area contributed by atoms with Crippen molar-refractivity contribution in [1.29, 1.82) is 0 Å². The lowest BCUT2D eigenvalue weighted by atomic mass is 9.95. The molecule has 10 heteroatoms. The monoisotopic (exact) mass is 409 g/mol. The molecule has 0 aliphatic heterocycles. The lowest BCUT2D eigenvalue weighted by molar-refractivity contribution is -0.136. The van der Waals surface area contributed by atoms with Crippen molar-refractivity contribution >= 4 is 28.8 Å². The standard InChI is InChI=1S/C18H18F3N5OS/c19-18(20,21)13-6-10(8-26-15(13)24-17(22)25-26)11-7-14(28-9-11)16(27)23-12-4-2-1-3-5-12/h6-9,12H,1-5H2,(H2,22,25)(H,23,27). The van der Waals surface area contributed by atoms with Crippen molar-refractivity contribution in [2.75, 3.05) is 5.73 Å². The van der Waals surface area contributed by atoms with Gasteiger partial charge in [-0.3, -0.25) is 4.79 Å². The van der Waals surface area contributed by atoms with Gasteiger partial charge in [0.25, 0.3) is 5.91 Å². The van der Waals surface area contributed by atoms with Crippen molar-refractivity contribution in [1.82, 2.24) is 19.9 Å². The van der Waals surface area contributed by atoms with Gasteiger partial charge in [0, 0.05) is 17.8 Å². The zero-order valence-electron chi connectivity index (χ0n) is 14.8. The van der Waals surface area contributed by atoms with E-state index in [1.807, 2.05) is 0 Å². The van der Waals surface area contributed by atoms with Gasteiger partial charge >= 0.3 is 6.18 Å². The molecule has 1 fully saturated rings. The number of hydrogen-bond donors (Lipinski definition) is 2. The Balaban J connectivity index is 1.64. The third-order valence-electron chi connectivity index (χ3n) is 4.85. The predicted molar refractivity (Wildman–Crippen MR) is 100 cm³/mol. The molecule has 0 atom stereocenters. The van der Waals surface area contributed by atoms with Crippen LogP contribution in [0.4, 0.5) is 19.1 Å². The van der Waals surface area contributed by atoms with Crippen LogP contribution in [0.5, 0.6) is 0 Å². The molecule has 0 spiro atoms. The van der Waals surface area contributed by atoms with E-state index in [9.17, 15) is 18.0 Å². The van der Waals surface area contributed by atoms with Crippen LogP contribution in [-0.4, -0.2) is 26.5 Å². The molecule has 3 heterocycles. The number of amides is 1. The first-order chi connectivity index (χ1) is 13.3. The van der Waals surface area contributed by atoms with E-state index in [4.69, 9.17) is 5.73 Å². The molecule has 0 radical (unpaired) electrons. The van der Waals surface area contributed by atoms with E-state index in [1.54, 1.807) is 11.4 Å². The summed E-state index contributed by atoms with van der Waals surface area (Å²) in [5, 5.41) is 8.48. The summed E-state index contributed by atoms with van der Waals surface area (Å²) < 4.78 is 41.3. The van der Waals surface area contributed by atoms with Crippen molar-refractivity contribution in [3.8, 4) is 11.1 Å². The zero-order valence-corrected chi connectivity index (χ0v) is 15.6. The number of hydrogen-bond acceptors (Lipinski definition) is 5. The minimum absolute atomic E-state index is 0.165.